The smallest absolute Gasteiger partial charge is 0.443 e. The standard InChI is InChI=1S/C21H35B2NO6/c1-17(2,3)26-16(25)24-14(22-27-18(4,5)19(6,7)28-22)12-13-15(24)23-29-20(8,9)21(10,11)30-23/h12-13H,1-11H3. The SMILES string of the molecule is CC(C)(C)OC(=O)n1c(B2OC(C)(C)C(C)(C)O2)ccc1B1OC(C)(C)C(C)(C)O1. The molecule has 0 N–H and O–H groups in total. The molecule has 2 saturated heterocycles. The molecule has 2 fully saturated rings. The van der Waals surface area contributed by atoms with E-state index in [1.54, 1.807) is 0 Å². The van der Waals surface area contributed by atoms with E-state index >= 15 is 0 Å². The molecule has 0 saturated carbocycles. The number of aromatic nitrogens is 1. The number of rotatable bonds is 2. The molecule has 30 heavy (non-hydrogen) atoms. The summed E-state index contributed by atoms with van der Waals surface area (Å²) >= 11 is 0. The number of hydrogen-bond acceptors (Lipinski definition) is 6. The van der Waals surface area contributed by atoms with Gasteiger partial charge in [-0.05, 0) is 88.3 Å². The van der Waals surface area contributed by atoms with Gasteiger partial charge >= 0.3 is 20.3 Å². The molecular weight excluding hydrogens is 384 g/mol. The minimum Gasteiger partial charge on any atom is -0.443 e. The molecule has 9 heteroatoms. The summed E-state index contributed by atoms with van der Waals surface area (Å²) in [7, 11) is -1.45. The maximum absolute atomic E-state index is 13.2. The third-order valence-corrected chi connectivity index (χ3v) is 6.51. The van der Waals surface area contributed by atoms with Crippen LogP contribution in [0.4, 0.5) is 4.79 Å². The second-order valence-corrected chi connectivity index (χ2v) is 11.2. The van der Waals surface area contributed by atoms with Crippen LogP contribution in [0.5, 0.6) is 0 Å². The van der Waals surface area contributed by atoms with Crippen molar-refractivity contribution in [3.05, 3.63) is 12.1 Å². The normalized spacial score (nSPS) is 24.4. The van der Waals surface area contributed by atoms with E-state index in [2.05, 4.69) is 0 Å². The van der Waals surface area contributed by atoms with E-state index in [0.29, 0.717) is 11.2 Å². The van der Waals surface area contributed by atoms with Crippen LogP contribution in [0.3, 0.4) is 0 Å². The topological polar surface area (TPSA) is 68.2 Å². The van der Waals surface area contributed by atoms with Gasteiger partial charge in [-0.1, -0.05) is 0 Å². The molecular formula is C21H35B2NO6. The molecule has 0 aromatic carbocycles. The molecule has 1 aromatic heterocycles. The number of hydrogen-bond donors (Lipinski definition) is 0. The van der Waals surface area contributed by atoms with Crippen LogP contribution >= 0.6 is 0 Å². The van der Waals surface area contributed by atoms with Gasteiger partial charge in [-0.3, -0.25) is 4.57 Å². The summed E-state index contributed by atoms with van der Waals surface area (Å²) in [5.74, 6) is 0. The van der Waals surface area contributed by atoms with Crippen LogP contribution in [-0.4, -0.2) is 52.9 Å². The van der Waals surface area contributed by atoms with Crippen LogP contribution in [0.25, 0.3) is 0 Å². The third kappa shape index (κ3) is 3.97. The molecule has 166 valence electrons. The molecule has 0 amide bonds. The Labute approximate surface area is 181 Å². The van der Waals surface area contributed by atoms with Crippen LogP contribution in [0, 0.1) is 0 Å². The lowest BCUT2D eigenvalue weighted by Gasteiger charge is -2.32. The van der Waals surface area contributed by atoms with E-state index in [4.69, 9.17) is 23.4 Å². The predicted octanol–water partition coefficient (Wildman–Crippen LogP) is 2.87. The lowest BCUT2D eigenvalue weighted by atomic mass is 9.83. The molecule has 2 aliphatic heterocycles. The van der Waals surface area contributed by atoms with Gasteiger partial charge in [-0.2, -0.15) is 0 Å². The van der Waals surface area contributed by atoms with Gasteiger partial charge in [0, 0.05) is 0 Å². The minimum atomic E-state index is -0.723. The summed E-state index contributed by atoms with van der Waals surface area (Å²) in [4.78, 5) is 13.2. The maximum Gasteiger partial charge on any atom is 0.512 e. The second kappa shape index (κ2) is 6.86. The molecule has 7 nitrogen and oxygen atoms in total. The molecule has 0 unspecified atom stereocenters. The maximum atomic E-state index is 13.2. The lowest BCUT2D eigenvalue weighted by molar-refractivity contribution is 0.00578. The quantitative estimate of drug-likeness (QED) is 0.687. The van der Waals surface area contributed by atoms with Crippen molar-refractivity contribution in [3.63, 3.8) is 0 Å². The van der Waals surface area contributed by atoms with Gasteiger partial charge in [-0.15, -0.1) is 0 Å². The van der Waals surface area contributed by atoms with Crippen LogP contribution in [-0.2, 0) is 23.4 Å². The Balaban J connectivity index is 2.04. The number of nitrogens with zero attached hydrogens (tertiary/aromatic N) is 1. The highest BCUT2D eigenvalue weighted by molar-refractivity contribution is 6.65. The third-order valence-electron chi connectivity index (χ3n) is 6.51. The van der Waals surface area contributed by atoms with Crippen LogP contribution in [0.15, 0.2) is 12.1 Å². The van der Waals surface area contributed by atoms with Gasteiger partial charge in [0.05, 0.1) is 33.6 Å². The average molecular weight is 419 g/mol. The van der Waals surface area contributed by atoms with E-state index < -0.39 is 48.3 Å². The molecule has 0 radical (unpaired) electrons. The number of carbonyl (C=O) groups is 1. The Morgan fingerprint density at radius 1 is 0.767 bits per heavy atom. The van der Waals surface area contributed by atoms with Crippen molar-refractivity contribution in [3.8, 4) is 0 Å². The van der Waals surface area contributed by atoms with Gasteiger partial charge in [0.15, 0.2) is 0 Å². The Hall–Kier alpha value is -1.28. The highest BCUT2D eigenvalue weighted by Gasteiger charge is 2.56. The van der Waals surface area contributed by atoms with Crippen molar-refractivity contribution in [1.29, 1.82) is 0 Å². The number of ether oxygens (including phenoxy) is 1. The molecule has 0 bridgehead atoms. The first-order chi connectivity index (χ1) is 13.4. The molecule has 2 aliphatic rings. The van der Waals surface area contributed by atoms with Crippen LogP contribution < -0.4 is 11.2 Å². The lowest BCUT2D eigenvalue weighted by Crippen LogP contribution is -2.51. The zero-order valence-corrected chi connectivity index (χ0v) is 20.2. The van der Waals surface area contributed by atoms with Crippen molar-refractivity contribution < 1.29 is 28.1 Å². The van der Waals surface area contributed by atoms with Crippen molar-refractivity contribution >= 4 is 31.5 Å². The highest BCUT2D eigenvalue weighted by atomic mass is 16.7. The van der Waals surface area contributed by atoms with Crippen molar-refractivity contribution in [2.45, 2.75) is 104 Å². The molecule has 3 heterocycles. The molecule has 0 aliphatic carbocycles. The highest BCUT2D eigenvalue weighted by Crippen LogP contribution is 2.38. The fraction of sp³-hybridized carbons (Fsp3) is 0.762. The monoisotopic (exact) mass is 419 g/mol. The van der Waals surface area contributed by atoms with Gasteiger partial charge in [0.2, 0.25) is 0 Å². The Morgan fingerprint density at radius 2 is 1.07 bits per heavy atom. The zero-order chi connectivity index (χ0) is 22.9. The average Bonchev–Trinajstić information content (AvgIpc) is 3.09. The first kappa shape index (κ1) is 23.4. The van der Waals surface area contributed by atoms with E-state index in [1.165, 1.54) is 4.57 Å². The zero-order valence-electron chi connectivity index (χ0n) is 20.2. The molecule has 3 rings (SSSR count). The Bertz CT molecular complexity index is 752. The fourth-order valence-corrected chi connectivity index (χ4v) is 3.28. The van der Waals surface area contributed by atoms with Crippen molar-refractivity contribution in [2.24, 2.45) is 0 Å². The second-order valence-electron chi connectivity index (χ2n) is 11.2. The molecule has 1 aromatic rings. The number of carbonyl (C=O) groups excluding carboxylic acids is 1. The van der Waals surface area contributed by atoms with Crippen LogP contribution in [0.1, 0.15) is 76.2 Å². The Kier molecular flexibility index (Phi) is 5.35. The van der Waals surface area contributed by atoms with Gasteiger partial charge in [0.25, 0.3) is 0 Å². The summed E-state index contributed by atoms with van der Waals surface area (Å²) in [5.41, 5.74) is -1.71. The minimum absolute atomic E-state index is 0.526. The first-order valence-corrected chi connectivity index (χ1v) is 10.5. The summed E-state index contributed by atoms with van der Waals surface area (Å²) in [6.07, 6.45) is -0.526. The molecule has 0 spiro atoms. The summed E-state index contributed by atoms with van der Waals surface area (Å²) < 4.78 is 31.9. The van der Waals surface area contributed by atoms with E-state index in [1.807, 2.05) is 88.3 Å². The first-order valence-electron chi connectivity index (χ1n) is 10.5. The van der Waals surface area contributed by atoms with E-state index in [-0.39, 0.29) is 0 Å². The van der Waals surface area contributed by atoms with E-state index in [9.17, 15) is 4.79 Å². The predicted molar refractivity (Wildman–Crippen MR) is 117 cm³/mol. The van der Waals surface area contributed by atoms with Crippen molar-refractivity contribution in [2.75, 3.05) is 0 Å². The largest absolute Gasteiger partial charge is 0.512 e. The van der Waals surface area contributed by atoms with Gasteiger partial charge in [0.1, 0.15) is 5.60 Å². The van der Waals surface area contributed by atoms with Gasteiger partial charge < -0.3 is 23.4 Å². The van der Waals surface area contributed by atoms with Crippen LogP contribution in [0.2, 0.25) is 0 Å². The van der Waals surface area contributed by atoms with Gasteiger partial charge in [-0.25, -0.2) is 4.79 Å². The van der Waals surface area contributed by atoms with E-state index in [0.717, 1.165) is 0 Å². The molecule has 0 atom stereocenters. The summed E-state index contributed by atoms with van der Waals surface area (Å²) in [6.45, 7) is 21.3. The Morgan fingerprint density at radius 3 is 1.33 bits per heavy atom. The van der Waals surface area contributed by atoms with Crippen molar-refractivity contribution in [1.82, 2.24) is 4.57 Å². The fourth-order valence-electron chi connectivity index (χ4n) is 3.28. The summed E-state index contributed by atoms with van der Waals surface area (Å²) in [5, 5.41) is 0. The summed E-state index contributed by atoms with van der Waals surface area (Å²) in [6, 6.07) is 3.62.